The van der Waals surface area contributed by atoms with Gasteiger partial charge in [-0.1, -0.05) is 11.8 Å². The maximum Gasteiger partial charge on any atom is 0.119 e. The molecule has 0 saturated carbocycles. The lowest BCUT2D eigenvalue weighted by molar-refractivity contribution is 0.291. The second-order valence-electron chi connectivity index (χ2n) is 4.37. The van der Waals surface area contributed by atoms with Crippen LogP contribution in [0.2, 0.25) is 0 Å². The molecule has 0 aliphatic rings. The molecule has 2 aromatic rings. The molecule has 0 spiro atoms. The van der Waals surface area contributed by atoms with Crippen molar-refractivity contribution in [2.75, 3.05) is 13.2 Å². The maximum absolute atomic E-state index is 8.70. The maximum atomic E-state index is 8.70. The minimum Gasteiger partial charge on any atom is -0.492 e. The van der Waals surface area contributed by atoms with E-state index in [4.69, 9.17) is 9.84 Å². The Morgan fingerprint density at radius 3 is 3.00 bits per heavy atom. The Morgan fingerprint density at radius 1 is 1.40 bits per heavy atom. The summed E-state index contributed by atoms with van der Waals surface area (Å²) in [5.41, 5.74) is 2.05. The summed E-state index contributed by atoms with van der Waals surface area (Å²) in [6.07, 6.45) is 4.17. The third kappa shape index (κ3) is 4.15. The zero-order valence-electron chi connectivity index (χ0n) is 11.5. The van der Waals surface area contributed by atoms with Gasteiger partial charge in [-0.25, -0.2) is 0 Å². The van der Waals surface area contributed by atoms with Crippen LogP contribution in [0.3, 0.4) is 0 Å². The van der Waals surface area contributed by atoms with E-state index in [0.717, 1.165) is 23.4 Å². The molecular formula is C16H18N2O2. The van der Waals surface area contributed by atoms with Gasteiger partial charge in [0.15, 0.2) is 0 Å². The number of hydrogen-bond donors (Lipinski definition) is 1. The van der Waals surface area contributed by atoms with Gasteiger partial charge >= 0.3 is 0 Å². The van der Waals surface area contributed by atoms with Crippen LogP contribution >= 0.6 is 0 Å². The zero-order valence-corrected chi connectivity index (χ0v) is 11.5. The SMILES string of the molecule is Cc1cc(OCCn2cccn2)ccc1C#CCCO. The highest BCUT2D eigenvalue weighted by Gasteiger charge is 1.99. The fourth-order valence-electron chi connectivity index (χ4n) is 1.77. The van der Waals surface area contributed by atoms with E-state index in [2.05, 4.69) is 16.9 Å². The average Bonchev–Trinajstić information content (AvgIpc) is 2.95. The smallest absolute Gasteiger partial charge is 0.119 e. The second kappa shape index (κ2) is 7.37. The lowest BCUT2D eigenvalue weighted by atomic mass is 10.1. The van der Waals surface area contributed by atoms with Gasteiger partial charge in [-0.15, -0.1) is 0 Å². The summed E-state index contributed by atoms with van der Waals surface area (Å²) >= 11 is 0. The molecule has 20 heavy (non-hydrogen) atoms. The molecule has 0 unspecified atom stereocenters. The number of rotatable bonds is 5. The van der Waals surface area contributed by atoms with Gasteiger partial charge < -0.3 is 9.84 Å². The molecule has 2 rings (SSSR count). The van der Waals surface area contributed by atoms with Gasteiger partial charge in [0.25, 0.3) is 0 Å². The highest BCUT2D eigenvalue weighted by molar-refractivity contribution is 5.44. The Morgan fingerprint density at radius 2 is 2.30 bits per heavy atom. The monoisotopic (exact) mass is 270 g/mol. The minimum absolute atomic E-state index is 0.0979. The van der Waals surface area contributed by atoms with Crippen molar-refractivity contribution in [3.8, 4) is 17.6 Å². The molecule has 4 nitrogen and oxygen atoms in total. The quantitative estimate of drug-likeness (QED) is 0.845. The van der Waals surface area contributed by atoms with Gasteiger partial charge in [-0.3, -0.25) is 4.68 Å². The molecule has 1 aromatic heterocycles. The first-order chi connectivity index (χ1) is 9.79. The largest absolute Gasteiger partial charge is 0.492 e. The molecule has 4 heteroatoms. The van der Waals surface area contributed by atoms with Crippen LogP contribution in [0.5, 0.6) is 5.75 Å². The van der Waals surface area contributed by atoms with E-state index in [1.165, 1.54) is 0 Å². The number of hydrogen-bond acceptors (Lipinski definition) is 3. The topological polar surface area (TPSA) is 47.3 Å². The van der Waals surface area contributed by atoms with Crippen molar-refractivity contribution >= 4 is 0 Å². The first kappa shape index (κ1) is 14.2. The molecule has 0 fully saturated rings. The Labute approximate surface area is 119 Å². The summed E-state index contributed by atoms with van der Waals surface area (Å²) in [6, 6.07) is 7.73. The third-order valence-corrected chi connectivity index (χ3v) is 2.81. The van der Waals surface area contributed by atoms with Gasteiger partial charge in [-0.2, -0.15) is 5.10 Å². The van der Waals surface area contributed by atoms with Crippen LogP contribution in [0.25, 0.3) is 0 Å². The summed E-state index contributed by atoms with van der Waals surface area (Å²) in [4.78, 5) is 0. The van der Waals surface area contributed by atoms with Gasteiger partial charge in [0.2, 0.25) is 0 Å². The number of nitrogens with zero attached hydrogens (tertiary/aromatic N) is 2. The van der Waals surface area contributed by atoms with Gasteiger partial charge in [0.05, 0.1) is 13.2 Å². The summed E-state index contributed by atoms with van der Waals surface area (Å²) in [5, 5.41) is 12.8. The fourth-order valence-corrected chi connectivity index (χ4v) is 1.77. The highest BCUT2D eigenvalue weighted by Crippen LogP contribution is 2.16. The summed E-state index contributed by atoms with van der Waals surface area (Å²) in [7, 11) is 0. The molecule has 0 aliphatic heterocycles. The van der Waals surface area contributed by atoms with Crippen LogP contribution in [-0.2, 0) is 6.54 Å². The molecule has 0 radical (unpaired) electrons. The molecule has 0 bridgehead atoms. The summed E-state index contributed by atoms with van der Waals surface area (Å²) in [5.74, 6) is 6.80. The molecule has 0 atom stereocenters. The molecule has 1 N–H and O–H groups in total. The number of ether oxygens (including phenoxy) is 1. The fraction of sp³-hybridized carbons (Fsp3) is 0.312. The molecule has 0 aliphatic carbocycles. The van der Waals surface area contributed by atoms with E-state index in [1.807, 2.05) is 42.1 Å². The van der Waals surface area contributed by atoms with E-state index in [-0.39, 0.29) is 6.61 Å². The number of aliphatic hydroxyl groups is 1. The Kier molecular flexibility index (Phi) is 5.22. The van der Waals surface area contributed by atoms with E-state index in [1.54, 1.807) is 6.20 Å². The van der Waals surface area contributed by atoms with Crippen LogP contribution in [-0.4, -0.2) is 28.1 Å². The lowest BCUT2D eigenvalue weighted by Gasteiger charge is -2.08. The average molecular weight is 270 g/mol. The van der Waals surface area contributed by atoms with E-state index < -0.39 is 0 Å². The molecule has 104 valence electrons. The van der Waals surface area contributed by atoms with Crippen molar-refractivity contribution in [1.82, 2.24) is 9.78 Å². The van der Waals surface area contributed by atoms with Crippen molar-refractivity contribution in [2.24, 2.45) is 0 Å². The van der Waals surface area contributed by atoms with Crippen LogP contribution in [0, 0.1) is 18.8 Å². The first-order valence-corrected chi connectivity index (χ1v) is 6.60. The van der Waals surface area contributed by atoms with E-state index in [9.17, 15) is 0 Å². The number of aryl methyl sites for hydroxylation is 1. The van der Waals surface area contributed by atoms with Crippen molar-refractivity contribution in [3.05, 3.63) is 47.8 Å². The standard InChI is InChI=1S/C16H18N2O2/c1-14-13-16(7-6-15(14)5-2-3-11-19)20-12-10-18-9-4-8-17-18/h4,6-9,13,19H,3,10-12H2,1H3. The zero-order chi connectivity index (χ0) is 14.2. The predicted octanol–water partition coefficient (Wildman–Crippen LogP) is 2.00. The predicted molar refractivity (Wildman–Crippen MR) is 77.5 cm³/mol. The minimum atomic E-state index is 0.0979. The van der Waals surface area contributed by atoms with Crippen molar-refractivity contribution in [3.63, 3.8) is 0 Å². The van der Waals surface area contributed by atoms with Crippen LogP contribution in [0.15, 0.2) is 36.7 Å². The molecule has 1 aromatic carbocycles. The van der Waals surface area contributed by atoms with E-state index >= 15 is 0 Å². The third-order valence-electron chi connectivity index (χ3n) is 2.81. The van der Waals surface area contributed by atoms with Crippen LogP contribution < -0.4 is 4.74 Å². The van der Waals surface area contributed by atoms with Gasteiger partial charge in [0, 0.05) is 24.4 Å². The first-order valence-electron chi connectivity index (χ1n) is 6.60. The highest BCUT2D eigenvalue weighted by atomic mass is 16.5. The lowest BCUT2D eigenvalue weighted by Crippen LogP contribution is -2.08. The van der Waals surface area contributed by atoms with Gasteiger partial charge in [0.1, 0.15) is 12.4 Å². The molecule has 1 heterocycles. The summed E-state index contributed by atoms with van der Waals surface area (Å²) < 4.78 is 7.53. The number of benzene rings is 1. The Balaban J connectivity index is 1.90. The number of aromatic nitrogens is 2. The normalized spacial score (nSPS) is 9.90. The van der Waals surface area contributed by atoms with Crippen LogP contribution in [0.4, 0.5) is 0 Å². The Bertz CT molecular complexity index is 595. The molecular weight excluding hydrogens is 252 g/mol. The number of aliphatic hydroxyl groups excluding tert-OH is 1. The van der Waals surface area contributed by atoms with Gasteiger partial charge in [-0.05, 0) is 36.8 Å². The van der Waals surface area contributed by atoms with E-state index in [0.29, 0.717) is 13.0 Å². The van der Waals surface area contributed by atoms with Crippen LogP contribution in [0.1, 0.15) is 17.5 Å². The molecule has 0 saturated heterocycles. The van der Waals surface area contributed by atoms with Crippen molar-refractivity contribution in [1.29, 1.82) is 0 Å². The molecule has 0 amide bonds. The second-order valence-corrected chi connectivity index (χ2v) is 4.37. The summed E-state index contributed by atoms with van der Waals surface area (Å²) in [6.45, 7) is 3.41. The van der Waals surface area contributed by atoms with Crippen molar-refractivity contribution in [2.45, 2.75) is 19.9 Å². The van der Waals surface area contributed by atoms with Crippen molar-refractivity contribution < 1.29 is 9.84 Å². The Hall–Kier alpha value is -2.25.